The summed E-state index contributed by atoms with van der Waals surface area (Å²) in [5.74, 6) is 0. The van der Waals surface area contributed by atoms with Gasteiger partial charge in [0, 0.05) is 0 Å². The second-order valence-corrected chi connectivity index (χ2v) is 1.52. The highest BCUT2D eigenvalue weighted by atomic mass is 32.1. The van der Waals surface area contributed by atoms with Crippen LogP contribution in [0.1, 0.15) is 6.92 Å². The van der Waals surface area contributed by atoms with Crippen LogP contribution >= 0.6 is 12.6 Å². The van der Waals surface area contributed by atoms with E-state index in [1.165, 1.54) is 6.92 Å². The van der Waals surface area contributed by atoms with E-state index in [1.807, 2.05) is 0 Å². The van der Waals surface area contributed by atoms with Crippen LogP contribution in [0.5, 0.6) is 0 Å². The van der Waals surface area contributed by atoms with Gasteiger partial charge in [-0.25, -0.2) is 4.79 Å². The minimum absolute atomic E-state index is 0.694. The molecule has 1 atom stereocenters. The Balaban J connectivity index is 3.43. The minimum atomic E-state index is -0.723. The average molecular weight is 131 g/mol. The van der Waals surface area contributed by atoms with Crippen molar-refractivity contribution in [3.05, 3.63) is 0 Å². The van der Waals surface area contributed by atoms with E-state index < -0.39 is 11.4 Å². The normalized spacial score (nSPS) is 11.6. The number of hydrogen-bond acceptors (Lipinski definition) is 3. The molecule has 0 radical (unpaired) electrons. The average Bonchev–Trinajstić information content (AvgIpc) is 1.65. The van der Waals surface area contributed by atoms with Crippen LogP contribution < -0.4 is 0 Å². The fourth-order valence-corrected chi connectivity index (χ4v) is 0.336. The van der Waals surface area contributed by atoms with Gasteiger partial charge in [0.25, 0.3) is 0 Å². The molecule has 0 aliphatic heterocycles. The summed E-state index contributed by atoms with van der Waals surface area (Å²) >= 11 is 3.28. The summed E-state index contributed by atoms with van der Waals surface area (Å²) in [6, 6.07) is 1.70. The summed E-state index contributed by atoms with van der Waals surface area (Å²) in [6.07, 6.45) is -0.694. The Morgan fingerprint density at radius 3 is 2.62 bits per heavy atom. The van der Waals surface area contributed by atoms with E-state index in [0.717, 1.165) is 0 Å². The lowest BCUT2D eigenvalue weighted by Gasteiger charge is -1.98. The summed E-state index contributed by atoms with van der Waals surface area (Å²) in [4.78, 5) is 9.90. The van der Waals surface area contributed by atoms with Gasteiger partial charge in [0.1, 0.15) is 6.07 Å². The molecule has 0 saturated carbocycles. The van der Waals surface area contributed by atoms with E-state index in [9.17, 15) is 4.79 Å². The maximum absolute atomic E-state index is 9.90. The molecule has 0 bridgehead atoms. The third-order valence-corrected chi connectivity index (χ3v) is 0.565. The molecule has 0 heterocycles. The fourth-order valence-electron chi connectivity index (χ4n) is 0.178. The number of carbonyl (C=O) groups is 1. The standard InChI is InChI=1S/C4H5NO2S/c1-3(2-5)7-4(6)8/h3H,1H3,(H,6,8)/t3-/m0/s1. The number of hydrogen-bond donors (Lipinski definition) is 1. The largest absolute Gasteiger partial charge is 0.439 e. The molecule has 0 unspecified atom stereocenters. The predicted molar refractivity (Wildman–Crippen MR) is 30.5 cm³/mol. The highest BCUT2D eigenvalue weighted by Crippen LogP contribution is 1.92. The first-order chi connectivity index (χ1) is 3.66. The summed E-state index contributed by atoms with van der Waals surface area (Å²) < 4.78 is 4.26. The van der Waals surface area contributed by atoms with Crippen LogP contribution in [0, 0.1) is 11.3 Å². The summed E-state index contributed by atoms with van der Waals surface area (Å²) in [5, 5.41) is 7.30. The van der Waals surface area contributed by atoms with Crippen LogP contribution in [-0.2, 0) is 4.74 Å². The number of nitrogens with zero attached hydrogens (tertiary/aromatic N) is 1. The lowest BCUT2D eigenvalue weighted by molar-refractivity contribution is 0.158. The molecular weight excluding hydrogens is 126 g/mol. The van der Waals surface area contributed by atoms with Crippen molar-refractivity contribution in [2.75, 3.05) is 0 Å². The van der Waals surface area contributed by atoms with Crippen LogP contribution in [0.15, 0.2) is 0 Å². The topological polar surface area (TPSA) is 50.1 Å². The summed E-state index contributed by atoms with van der Waals surface area (Å²) in [6.45, 7) is 1.47. The molecule has 0 aromatic carbocycles. The van der Waals surface area contributed by atoms with Gasteiger partial charge >= 0.3 is 5.30 Å². The van der Waals surface area contributed by atoms with Gasteiger partial charge in [-0.15, -0.1) is 0 Å². The maximum Gasteiger partial charge on any atom is 0.365 e. The monoisotopic (exact) mass is 131 g/mol. The van der Waals surface area contributed by atoms with Crippen molar-refractivity contribution in [3.63, 3.8) is 0 Å². The molecule has 0 aromatic rings. The molecule has 0 spiro atoms. The summed E-state index contributed by atoms with van der Waals surface area (Å²) in [5.41, 5.74) is 0. The highest BCUT2D eigenvalue weighted by Gasteiger charge is 2.00. The van der Waals surface area contributed by atoms with Crippen LogP contribution in [0.25, 0.3) is 0 Å². The van der Waals surface area contributed by atoms with Crippen molar-refractivity contribution in [1.82, 2.24) is 0 Å². The van der Waals surface area contributed by atoms with Crippen molar-refractivity contribution in [1.29, 1.82) is 5.26 Å². The van der Waals surface area contributed by atoms with Gasteiger partial charge in [0.15, 0.2) is 6.10 Å². The van der Waals surface area contributed by atoms with Crippen molar-refractivity contribution in [2.45, 2.75) is 13.0 Å². The maximum atomic E-state index is 9.90. The SMILES string of the molecule is C[C@@H](C#N)OC(=O)S. The second-order valence-electron chi connectivity index (χ2n) is 1.16. The lowest BCUT2D eigenvalue weighted by atomic mass is 10.5. The van der Waals surface area contributed by atoms with Crippen molar-refractivity contribution >= 4 is 17.9 Å². The molecule has 0 saturated heterocycles. The van der Waals surface area contributed by atoms with E-state index in [4.69, 9.17) is 5.26 Å². The number of rotatable bonds is 1. The van der Waals surface area contributed by atoms with Gasteiger partial charge < -0.3 is 4.74 Å². The Morgan fingerprint density at radius 2 is 2.50 bits per heavy atom. The molecular formula is C4H5NO2S. The van der Waals surface area contributed by atoms with Gasteiger partial charge in [0.2, 0.25) is 0 Å². The number of ether oxygens (including phenoxy) is 1. The summed E-state index contributed by atoms with van der Waals surface area (Å²) in [7, 11) is 0. The van der Waals surface area contributed by atoms with Gasteiger partial charge in [-0.1, -0.05) is 12.6 Å². The first-order valence-electron chi connectivity index (χ1n) is 1.96. The number of carbonyl (C=O) groups excluding carboxylic acids is 1. The van der Waals surface area contributed by atoms with Crippen LogP contribution in [0.3, 0.4) is 0 Å². The zero-order chi connectivity index (χ0) is 6.57. The molecule has 0 fully saturated rings. The van der Waals surface area contributed by atoms with Crippen molar-refractivity contribution in [3.8, 4) is 6.07 Å². The van der Waals surface area contributed by atoms with Crippen molar-refractivity contribution < 1.29 is 9.53 Å². The number of thiol groups is 1. The zero-order valence-electron chi connectivity index (χ0n) is 4.29. The van der Waals surface area contributed by atoms with Crippen molar-refractivity contribution in [2.24, 2.45) is 0 Å². The quantitative estimate of drug-likeness (QED) is 0.426. The van der Waals surface area contributed by atoms with Gasteiger partial charge in [-0.05, 0) is 6.92 Å². The van der Waals surface area contributed by atoms with Crippen LogP contribution in [0.4, 0.5) is 4.79 Å². The Morgan fingerprint density at radius 1 is 2.00 bits per heavy atom. The van der Waals surface area contributed by atoms with E-state index in [2.05, 4.69) is 17.4 Å². The minimum Gasteiger partial charge on any atom is -0.439 e. The smallest absolute Gasteiger partial charge is 0.365 e. The third-order valence-electron chi connectivity index (χ3n) is 0.459. The number of nitriles is 1. The molecule has 0 N–H and O–H groups in total. The van der Waals surface area contributed by atoms with E-state index in [0.29, 0.717) is 0 Å². The molecule has 4 heteroatoms. The molecule has 8 heavy (non-hydrogen) atoms. The molecule has 0 aliphatic rings. The van der Waals surface area contributed by atoms with Gasteiger partial charge in [-0.3, -0.25) is 0 Å². The molecule has 44 valence electrons. The molecule has 0 aliphatic carbocycles. The second kappa shape index (κ2) is 3.33. The Bertz CT molecular complexity index is 128. The lowest BCUT2D eigenvalue weighted by Crippen LogP contribution is -2.05. The van der Waals surface area contributed by atoms with E-state index >= 15 is 0 Å². The zero-order valence-corrected chi connectivity index (χ0v) is 5.18. The Labute approximate surface area is 52.7 Å². The van der Waals surface area contributed by atoms with Gasteiger partial charge in [0.05, 0.1) is 0 Å². The van der Waals surface area contributed by atoms with Crippen LogP contribution in [-0.4, -0.2) is 11.4 Å². The molecule has 3 nitrogen and oxygen atoms in total. The molecule has 0 rings (SSSR count). The Hall–Kier alpha value is -0.690. The highest BCUT2D eigenvalue weighted by molar-refractivity contribution is 7.96. The first-order valence-corrected chi connectivity index (χ1v) is 2.40. The van der Waals surface area contributed by atoms with E-state index in [1.54, 1.807) is 6.07 Å². The van der Waals surface area contributed by atoms with Gasteiger partial charge in [-0.2, -0.15) is 5.26 Å². The third kappa shape index (κ3) is 3.50. The predicted octanol–water partition coefficient (Wildman–Crippen LogP) is 0.965. The molecule has 0 aromatic heterocycles. The first kappa shape index (κ1) is 7.31. The molecule has 0 amide bonds. The van der Waals surface area contributed by atoms with Crippen LogP contribution in [0.2, 0.25) is 0 Å². The fraction of sp³-hybridized carbons (Fsp3) is 0.500. The van der Waals surface area contributed by atoms with E-state index in [-0.39, 0.29) is 0 Å². The Kier molecular flexibility index (Phi) is 3.04.